The van der Waals surface area contributed by atoms with Gasteiger partial charge >= 0.3 is 0 Å². The maximum atomic E-state index is 12.7. The molecule has 1 aliphatic heterocycles. The van der Waals surface area contributed by atoms with Crippen molar-refractivity contribution in [1.82, 2.24) is 14.9 Å². The van der Waals surface area contributed by atoms with Crippen molar-refractivity contribution in [2.24, 2.45) is 0 Å². The van der Waals surface area contributed by atoms with Crippen molar-refractivity contribution >= 4 is 22.5 Å². The van der Waals surface area contributed by atoms with Gasteiger partial charge in [-0.3, -0.25) is 4.79 Å². The summed E-state index contributed by atoms with van der Waals surface area (Å²) >= 11 is 0. The molecule has 0 spiro atoms. The summed E-state index contributed by atoms with van der Waals surface area (Å²) in [6, 6.07) is 9.62. The zero-order valence-corrected chi connectivity index (χ0v) is 16.1. The number of rotatable bonds is 5. The van der Waals surface area contributed by atoms with Crippen molar-refractivity contribution < 1.29 is 14.3 Å². The molecule has 1 aliphatic rings. The number of nitrogens with zero attached hydrogens (tertiary/aromatic N) is 2. The number of nitrogens with one attached hydrogen (secondary N) is 1. The van der Waals surface area contributed by atoms with Gasteiger partial charge in [0.2, 0.25) is 5.91 Å². The Morgan fingerprint density at radius 1 is 1.21 bits per heavy atom. The number of pyridine rings is 1. The van der Waals surface area contributed by atoms with Crippen LogP contribution in [-0.4, -0.2) is 48.1 Å². The predicted molar refractivity (Wildman–Crippen MR) is 109 cm³/mol. The first kappa shape index (κ1) is 18.1. The summed E-state index contributed by atoms with van der Waals surface area (Å²) < 4.78 is 10.6. The molecule has 0 saturated heterocycles. The van der Waals surface area contributed by atoms with Gasteiger partial charge in [0, 0.05) is 36.4 Å². The third-order valence-electron chi connectivity index (χ3n) is 5.16. The van der Waals surface area contributed by atoms with Crippen LogP contribution in [0.5, 0.6) is 11.5 Å². The molecule has 144 valence electrons. The number of methoxy groups -OCH3 is 2. The standard InChI is InChI=1S/C22H23N3O3/c1-27-19-6-5-15(12-20(19)28-2)13-21(26)25-10-7-16(8-11-25)18-14-24-22-17(18)4-3-9-23-22/h3-7,9,12,14H,8,10-11,13H2,1-2H3,(H,23,24). The summed E-state index contributed by atoms with van der Waals surface area (Å²) in [4.78, 5) is 22.2. The third kappa shape index (κ3) is 3.45. The average molecular weight is 377 g/mol. The molecule has 0 aliphatic carbocycles. The number of hydrogen-bond acceptors (Lipinski definition) is 4. The molecule has 1 amide bonds. The van der Waals surface area contributed by atoms with Crippen molar-refractivity contribution in [2.45, 2.75) is 12.8 Å². The van der Waals surface area contributed by atoms with E-state index in [-0.39, 0.29) is 5.91 Å². The van der Waals surface area contributed by atoms with E-state index in [4.69, 9.17) is 9.47 Å². The number of aromatic amines is 1. The van der Waals surface area contributed by atoms with E-state index < -0.39 is 0 Å². The van der Waals surface area contributed by atoms with Gasteiger partial charge < -0.3 is 19.4 Å². The van der Waals surface area contributed by atoms with Crippen LogP contribution in [0, 0.1) is 0 Å². The molecule has 28 heavy (non-hydrogen) atoms. The van der Waals surface area contributed by atoms with Crippen LogP contribution in [0.15, 0.2) is 48.8 Å². The Labute approximate surface area is 163 Å². The minimum Gasteiger partial charge on any atom is -0.493 e. The minimum absolute atomic E-state index is 0.114. The number of hydrogen-bond donors (Lipinski definition) is 1. The smallest absolute Gasteiger partial charge is 0.227 e. The Balaban J connectivity index is 1.45. The molecule has 1 N–H and O–H groups in total. The van der Waals surface area contributed by atoms with Crippen molar-refractivity contribution in [2.75, 3.05) is 27.3 Å². The number of H-pyrrole nitrogens is 1. The summed E-state index contributed by atoms with van der Waals surface area (Å²) in [6.07, 6.45) is 7.11. The van der Waals surface area contributed by atoms with Crippen LogP contribution in [-0.2, 0) is 11.2 Å². The number of amides is 1. The maximum Gasteiger partial charge on any atom is 0.227 e. The second-order valence-corrected chi connectivity index (χ2v) is 6.79. The van der Waals surface area contributed by atoms with Gasteiger partial charge in [-0.05, 0) is 41.8 Å². The monoisotopic (exact) mass is 377 g/mol. The lowest BCUT2D eigenvalue weighted by Gasteiger charge is -2.26. The molecule has 1 aromatic carbocycles. The first-order valence-electron chi connectivity index (χ1n) is 9.30. The molecule has 0 unspecified atom stereocenters. The van der Waals surface area contributed by atoms with E-state index in [0.29, 0.717) is 31.0 Å². The molecule has 0 radical (unpaired) electrons. The van der Waals surface area contributed by atoms with Gasteiger partial charge in [0.05, 0.1) is 20.6 Å². The highest BCUT2D eigenvalue weighted by atomic mass is 16.5. The Hall–Kier alpha value is -3.28. The summed E-state index contributed by atoms with van der Waals surface area (Å²) in [7, 11) is 3.20. The Morgan fingerprint density at radius 3 is 2.82 bits per heavy atom. The lowest BCUT2D eigenvalue weighted by atomic mass is 9.99. The molecule has 6 heteroatoms. The first-order valence-corrected chi connectivity index (χ1v) is 9.30. The number of aromatic nitrogens is 2. The van der Waals surface area contributed by atoms with Crippen molar-refractivity contribution in [3.05, 3.63) is 59.9 Å². The van der Waals surface area contributed by atoms with Crippen LogP contribution in [0.25, 0.3) is 16.6 Å². The van der Waals surface area contributed by atoms with E-state index in [1.54, 1.807) is 20.4 Å². The predicted octanol–water partition coefficient (Wildman–Crippen LogP) is 3.44. The highest BCUT2D eigenvalue weighted by Gasteiger charge is 2.20. The summed E-state index contributed by atoms with van der Waals surface area (Å²) in [5.74, 6) is 1.42. The van der Waals surface area contributed by atoms with Gasteiger partial charge in [0.1, 0.15) is 5.65 Å². The summed E-state index contributed by atoms with van der Waals surface area (Å²) in [5.41, 5.74) is 4.25. The van der Waals surface area contributed by atoms with Crippen LogP contribution in [0.1, 0.15) is 17.5 Å². The van der Waals surface area contributed by atoms with Gasteiger partial charge in [0.15, 0.2) is 11.5 Å². The van der Waals surface area contributed by atoms with Gasteiger partial charge in [-0.15, -0.1) is 0 Å². The second-order valence-electron chi connectivity index (χ2n) is 6.79. The fraction of sp³-hybridized carbons (Fsp3) is 0.273. The molecule has 0 fully saturated rings. The molecule has 6 nitrogen and oxygen atoms in total. The molecular weight excluding hydrogens is 354 g/mol. The van der Waals surface area contributed by atoms with Crippen molar-refractivity contribution in [1.29, 1.82) is 0 Å². The molecule has 0 bridgehead atoms. The van der Waals surface area contributed by atoms with Gasteiger partial charge in [0.25, 0.3) is 0 Å². The fourth-order valence-electron chi connectivity index (χ4n) is 3.64. The van der Waals surface area contributed by atoms with E-state index in [9.17, 15) is 4.79 Å². The van der Waals surface area contributed by atoms with Crippen molar-refractivity contribution in [3.8, 4) is 11.5 Å². The number of benzene rings is 1. The molecule has 3 aromatic rings. The fourth-order valence-corrected chi connectivity index (χ4v) is 3.64. The zero-order chi connectivity index (χ0) is 19.5. The molecule has 0 atom stereocenters. The van der Waals surface area contributed by atoms with E-state index in [1.807, 2.05) is 35.4 Å². The molecule has 3 heterocycles. The Bertz CT molecular complexity index is 1040. The topological polar surface area (TPSA) is 67.5 Å². The highest BCUT2D eigenvalue weighted by Crippen LogP contribution is 2.30. The van der Waals surface area contributed by atoms with E-state index in [1.165, 1.54) is 11.1 Å². The molecule has 2 aromatic heterocycles. The van der Waals surface area contributed by atoms with E-state index >= 15 is 0 Å². The van der Waals surface area contributed by atoms with Crippen molar-refractivity contribution in [3.63, 3.8) is 0 Å². The van der Waals surface area contributed by atoms with Crippen LogP contribution >= 0.6 is 0 Å². The SMILES string of the molecule is COc1ccc(CC(=O)N2CC=C(c3c[nH]c4ncccc34)CC2)cc1OC. The lowest BCUT2D eigenvalue weighted by molar-refractivity contribution is -0.130. The first-order chi connectivity index (χ1) is 13.7. The number of ether oxygens (including phenoxy) is 2. The lowest BCUT2D eigenvalue weighted by Crippen LogP contribution is -2.35. The van der Waals surface area contributed by atoms with Crippen LogP contribution in [0.4, 0.5) is 0 Å². The number of carbonyl (C=O) groups excluding carboxylic acids is 1. The Morgan fingerprint density at radius 2 is 2.07 bits per heavy atom. The van der Waals surface area contributed by atoms with Gasteiger partial charge in [-0.2, -0.15) is 0 Å². The normalized spacial score (nSPS) is 14.1. The molecule has 4 rings (SSSR count). The minimum atomic E-state index is 0.114. The quantitative estimate of drug-likeness (QED) is 0.740. The number of fused-ring (bicyclic) bond motifs is 1. The second kappa shape index (κ2) is 7.76. The summed E-state index contributed by atoms with van der Waals surface area (Å²) in [6.45, 7) is 1.33. The highest BCUT2D eigenvalue weighted by molar-refractivity contribution is 5.91. The van der Waals surface area contributed by atoms with Crippen LogP contribution < -0.4 is 9.47 Å². The largest absolute Gasteiger partial charge is 0.493 e. The zero-order valence-electron chi connectivity index (χ0n) is 16.1. The van der Waals surface area contributed by atoms with Crippen LogP contribution in [0.3, 0.4) is 0 Å². The Kier molecular flexibility index (Phi) is 5.02. The van der Waals surface area contributed by atoms with Gasteiger partial charge in [-0.25, -0.2) is 4.98 Å². The number of carbonyl (C=O) groups is 1. The van der Waals surface area contributed by atoms with Crippen LogP contribution in [0.2, 0.25) is 0 Å². The maximum absolute atomic E-state index is 12.7. The van der Waals surface area contributed by atoms with E-state index in [2.05, 4.69) is 22.1 Å². The average Bonchev–Trinajstić information content (AvgIpc) is 3.18. The third-order valence-corrected chi connectivity index (χ3v) is 5.16. The van der Waals surface area contributed by atoms with E-state index in [0.717, 1.165) is 23.0 Å². The molecule has 0 saturated carbocycles. The molecular formula is C22H23N3O3. The van der Waals surface area contributed by atoms with Gasteiger partial charge in [-0.1, -0.05) is 12.1 Å². The summed E-state index contributed by atoms with van der Waals surface area (Å²) in [5, 5.41) is 1.12.